The van der Waals surface area contributed by atoms with E-state index in [2.05, 4.69) is 4.90 Å². The Labute approximate surface area is 167 Å². The molecule has 0 spiro atoms. The van der Waals surface area contributed by atoms with Crippen LogP contribution < -0.4 is 11.3 Å². The molecular weight excluding hydrogens is 373 g/mol. The highest BCUT2D eigenvalue weighted by Gasteiger charge is 2.32. The summed E-state index contributed by atoms with van der Waals surface area (Å²) >= 11 is 0. The normalized spacial score (nSPS) is 16.8. The minimum atomic E-state index is -1.24. The van der Waals surface area contributed by atoms with Crippen LogP contribution in [0.3, 0.4) is 0 Å². The second-order valence-corrected chi connectivity index (χ2v) is 7.59. The van der Waals surface area contributed by atoms with Crippen LogP contribution in [0, 0.1) is 5.82 Å². The van der Waals surface area contributed by atoms with E-state index in [0.29, 0.717) is 38.0 Å². The van der Waals surface area contributed by atoms with Gasteiger partial charge < -0.3 is 10.8 Å². The Morgan fingerprint density at radius 2 is 1.90 bits per heavy atom. The lowest BCUT2D eigenvalue weighted by atomic mass is 9.82. The lowest BCUT2D eigenvalue weighted by molar-refractivity contribution is 0.0694. The molecule has 0 amide bonds. The molecule has 0 radical (unpaired) electrons. The Balaban J connectivity index is 1.58. The van der Waals surface area contributed by atoms with Crippen LogP contribution in [0.15, 0.2) is 59.5 Å². The predicted molar refractivity (Wildman–Crippen MR) is 107 cm³/mol. The topological polar surface area (TPSA) is 88.0 Å². The largest absolute Gasteiger partial charge is 0.477 e. The van der Waals surface area contributed by atoms with Crippen LogP contribution in [0.25, 0.3) is 5.52 Å². The number of pyridine rings is 2. The van der Waals surface area contributed by atoms with Gasteiger partial charge in [0.25, 0.3) is 5.56 Å². The van der Waals surface area contributed by atoms with Crippen molar-refractivity contribution in [3.8, 4) is 0 Å². The van der Waals surface area contributed by atoms with Crippen molar-refractivity contribution in [2.24, 2.45) is 5.73 Å². The van der Waals surface area contributed by atoms with E-state index in [0.717, 1.165) is 11.1 Å². The van der Waals surface area contributed by atoms with E-state index in [9.17, 15) is 19.1 Å². The van der Waals surface area contributed by atoms with Crippen molar-refractivity contribution in [3.63, 3.8) is 0 Å². The third kappa shape index (κ3) is 3.66. The first-order chi connectivity index (χ1) is 13.9. The Morgan fingerprint density at radius 1 is 1.14 bits per heavy atom. The molecule has 1 aliphatic heterocycles. The van der Waals surface area contributed by atoms with Gasteiger partial charge in [-0.3, -0.25) is 14.1 Å². The smallest absolute Gasteiger partial charge is 0.341 e. The number of nitrogens with two attached hydrogens (primary N) is 1. The monoisotopic (exact) mass is 395 g/mol. The summed E-state index contributed by atoms with van der Waals surface area (Å²) in [7, 11) is 0. The second-order valence-electron chi connectivity index (χ2n) is 7.59. The SMILES string of the molecule is NC1(c2cccc(F)c2)CCN(Cc2cc(C(=O)O)c(=O)n3ccccc23)CC1. The summed E-state index contributed by atoms with van der Waals surface area (Å²) in [6, 6.07) is 13.2. The average molecular weight is 395 g/mol. The van der Waals surface area contributed by atoms with Crippen molar-refractivity contribution in [2.75, 3.05) is 13.1 Å². The van der Waals surface area contributed by atoms with Crippen molar-refractivity contribution >= 4 is 11.5 Å². The minimum absolute atomic E-state index is 0.242. The van der Waals surface area contributed by atoms with E-state index in [-0.39, 0.29) is 11.4 Å². The predicted octanol–water partition coefficient (Wildman–Crippen LogP) is 2.59. The molecule has 7 heteroatoms. The maximum Gasteiger partial charge on any atom is 0.341 e. The Morgan fingerprint density at radius 3 is 2.59 bits per heavy atom. The van der Waals surface area contributed by atoms with E-state index in [1.807, 2.05) is 18.2 Å². The molecule has 0 unspecified atom stereocenters. The van der Waals surface area contributed by atoms with Crippen LogP contribution in [0.4, 0.5) is 4.39 Å². The number of hydrogen-bond donors (Lipinski definition) is 2. The molecule has 3 N–H and O–H groups in total. The molecule has 3 aromatic rings. The Hall–Kier alpha value is -3.03. The molecule has 3 heterocycles. The number of aromatic carboxylic acids is 1. The first kappa shape index (κ1) is 19.3. The van der Waals surface area contributed by atoms with Crippen LogP contribution in [-0.2, 0) is 12.1 Å². The van der Waals surface area contributed by atoms with Crippen LogP contribution in [-0.4, -0.2) is 33.5 Å². The van der Waals surface area contributed by atoms with Crippen LogP contribution in [0.1, 0.15) is 34.3 Å². The van der Waals surface area contributed by atoms with Gasteiger partial charge in [0.05, 0.1) is 5.52 Å². The Kier molecular flexibility index (Phi) is 4.94. The fraction of sp³-hybridized carbons (Fsp3) is 0.273. The van der Waals surface area contributed by atoms with Crippen molar-refractivity contribution in [1.29, 1.82) is 0 Å². The number of likely N-dealkylation sites (tertiary alicyclic amines) is 1. The first-order valence-electron chi connectivity index (χ1n) is 9.51. The molecule has 2 aromatic heterocycles. The fourth-order valence-electron chi connectivity index (χ4n) is 4.04. The van der Waals surface area contributed by atoms with Gasteiger partial charge in [-0.15, -0.1) is 0 Å². The number of halogens is 1. The van der Waals surface area contributed by atoms with Crippen molar-refractivity contribution in [1.82, 2.24) is 9.30 Å². The zero-order valence-electron chi connectivity index (χ0n) is 15.8. The molecule has 0 saturated carbocycles. The maximum atomic E-state index is 13.6. The number of carboxylic acid groups (broad SMARTS) is 1. The van der Waals surface area contributed by atoms with E-state index in [4.69, 9.17) is 5.73 Å². The van der Waals surface area contributed by atoms with Gasteiger partial charge in [0.2, 0.25) is 0 Å². The summed E-state index contributed by atoms with van der Waals surface area (Å²) < 4.78 is 15.0. The number of carbonyl (C=O) groups is 1. The number of carboxylic acids is 1. The van der Waals surface area contributed by atoms with E-state index >= 15 is 0 Å². The number of hydrogen-bond acceptors (Lipinski definition) is 4. The Bertz CT molecular complexity index is 1130. The van der Waals surface area contributed by atoms with Gasteiger partial charge in [-0.2, -0.15) is 0 Å². The summed E-state index contributed by atoms with van der Waals surface area (Å²) in [5.74, 6) is -1.53. The highest BCUT2D eigenvalue weighted by atomic mass is 19.1. The second kappa shape index (κ2) is 7.42. The molecule has 1 fully saturated rings. The third-order valence-electron chi connectivity index (χ3n) is 5.73. The molecule has 1 aliphatic rings. The number of rotatable bonds is 4. The zero-order valence-corrected chi connectivity index (χ0v) is 15.8. The van der Waals surface area contributed by atoms with Crippen molar-refractivity contribution < 1.29 is 14.3 Å². The van der Waals surface area contributed by atoms with Gasteiger partial charge in [-0.25, -0.2) is 9.18 Å². The van der Waals surface area contributed by atoms with Crippen LogP contribution in [0.5, 0.6) is 0 Å². The molecule has 150 valence electrons. The molecule has 1 aromatic carbocycles. The number of nitrogens with zero attached hydrogens (tertiary/aromatic N) is 2. The third-order valence-corrected chi connectivity index (χ3v) is 5.73. The lowest BCUT2D eigenvalue weighted by Crippen LogP contribution is -2.48. The number of benzene rings is 1. The summed E-state index contributed by atoms with van der Waals surface area (Å²) in [4.78, 5) is 26.1. The van der Waals surface area contributed by atoms with Gasteiger partial charge in [0.1, 0.15) is 11.4 Å². The minimum Gasteiger partial charge on any atom is -0.477 e. The van der Waals surface area contributed by atoms with E-state index < -0.39 is 17.1 Å². The van der Waals surface area contributed by atoms with Gasteiger partial charge in [-0.05, 0) is 54.3 Å². The molecule has 0 bridgehead atoms. The molecule has 0 aliphatic carbocycles. The summed E-state index contributed by atoms with van der Waals surface area (Å²) in [6.07, 6.45) is 2.90. The standard InChI is InChI=1S/C22H22FN3O3/c23-17-5-3-4-16(13-17)22(24)7-10-25(11-8-22)14-15-12-18(21(28)29)20(27)26-9-2-1-6-19(15)26/h1-6,9,12-13H,7-8,10-11,14,24H2,(H,28,29). The fourth-order valence-corrected chi connectivity index (χ4v) is 4.04. The summed E-state index contributed by atoms with van der Waals surface area (Å²) in [5, 5.41) is 9.40. The highest BCUT2D eigenvalue weighted by molar-refractivity contribution is 5.88. The molecule has 6 nitrogen and oxygen atoms in total. The van der Waals surface area contributed by atoms with E-state index in [1.165, 1.54) is 22.6 Å². The molecular formula is C22H22FN3O3. The van der Waals surface area contributed by atoms with Gasteiger partial charge in [0, 0.05) is 31.4 Å². The highest BCUT2D eigenvalue weighted by Crippen LogP contribution is 2.31. The zero-order chi connectivity index (χ0) is 20.6. The summed E-state index contributed by atoms with van der Waals surface area (Å²) in [5.41, 5.74) is 7.46. The molecule has 4 rings (SSSR count). The quantitative estimate of drug-likeness (QED) is 0.709. The van der Waals surface area contributed by atoms with Crippen LogP contribution >= 0.6 is 0 Å². The van der Waals surface area contributed by atoms with Gasteiger partial charge in [0.15, 0.2) is 0 Å². The maximum absolute atomic E-state index is 13.6. The van der Waals surface area contributed by atoms with Crippen molar-refractivity contribution in [2.45, 2.75) is 24.9 Å². The lowest BCUT2D eigenvalue weighted by Gasteiger charge is -2.39. The van der Waals surface area contributed by atoms with Gasteiger partial charge >= 0.3 is 5.97 Å². The molecule has 29 heavy (non-hydrogen) atoms. The molecule has 1 saturated heterocycles. The first-order valence-corrected chi connectivity index (χ1v) is 9.51. The number of aromatic nitrogens is 1. The molecule has 0 atom stereocenters. The van der Waals surface area contributed by atoms with Crippen LogP contribution in [0.2, 0.25) is 0 Å². The van der Waals surface area contributed by atoms with E-state index in [1.54, 1.807) is 18.3 Å². The average Bonchev–Trinajstić information content (AvgIpc) is 2.71. The van der Waals surface area contributed by atoms with Gasteiger partial charge in [-0.1, -0.05) is 18.2 Å². The summed E-state index contributed by atoms with van der Waals surface area (Å²) in [6.45, 7) is 1.88. The number of fused-ring (bicyclic) bond motifs is 1. The van der Waals surface area contributed by atoms with Crippen molar-refractivity contribution in [3.05, 3.63) is 87.6 Å². The number of piperidine rings is 1.